The maximum absolute atomic E-state index is 13.8. The van der Waals surface area contributed by atoms with Gasteiger partial charge in [0, 0.05) is 21.7 Å². The van der Waals surface area contributed by atoms with Crippen LogP contribution in [0.1, 0.15) is 5.56 Å². The van der Waals surface area contributed by atoms with Crippen LogP contribution in [0.3, 0.4) is 0 Å². The Hall–Kier alpha value is -0.713. The lowest BCUT2D eigenvalue weighted by atomic mass is 10.0. The summed E-state index contributed by atoms with van der Waals surface area (Å²) in [6.45, 7) is 9.63. The quantitative estimate of drug-likeness (QED) is 0.556. The fourth-order valence-corrected chi connectivity index (χ4v) is 4.56. The van der Waals surface area contributed by atoms with Gasteiger partial charge in [0.2, 0.25) is 0 Å². The molecule has 1 aromatic carbocycles. The molecule has 0 aliphatic carbocycles. The second kappa shape index (κ2) is 8.55. The van der Waals surface area contributed by atoms with Gasteiger partial charge in [-0.25, -0.2) is 4.39 Å². The number of ether oxygens (including phenoxy) is 1. The highest BCUT2D eigenvalue weighted by Gasteiger charge is 2.21. The largest absolute Gasteiger partial charge is 0.383 e. The molecule has 20 heavy (non-hydrogen) atoms. The van der Waals surface area contributed by atoms with Crippen molar-refractivity contribution in [3.63, 3.8) is 0 Å². The minimum Gasteiger partial charge on any atom is -0.383 e. The molecule has 0 aromatic heterocycles. The number of methoxy groups -OCH3 is 1. The third-order valence-electron chi connectivity index (χ3n) is 3.28. The average Bonchev–Trinajstić information content (AvgIpc) is 2.35. The number of benzene rings is 1. The van der Waals surface area contributed by atoms with E-state index < -0.39 is 8.07 Å². The highest BCUT2D eigenvalue weighted by atomic mass is 28.3. The maximum Gasteiger partial charge on any atom is 0.126 e. The topological polar surface area (TPSA) is 21.3 Å². The second-order valence-electron chi connectivity index (χ2n) is 6.62. The fraction of sp³-hybridized carbons (Fsp3) is 0.625. The minimum atomic E-state index is -1.15. The Morgan fingerprint density at radius 3 is 2.55 bits per heavy atom. The minimum absolute atomic E-state index is 0.0787. The summed E-state index contributed by atoms with van der Waals surface area (Å²) in [7, 11) is 0.555. The van der Waals surface area contributed by atoms with Crippen LogP contribution in [-0.4, -0.2) is 34.9 Å². The van der Waals surface area contributed by atoms with Crippen molar-refractivity contribution < 1.29 is 9.13 Å². The van der Waals surface area contributed by atoms with Gasteiger partial charge in [-0.1, -0.05) is 43.9 Å². The van der Waals surface area contributed by atoms with E-state index in [2.05, 4.69) is 25.0 Å². The van der Waals surface area contributed by atoms with E-state index in [4.69, 9.17) is 4.74 Å². The summed E-state index contributed by atoms with van der Waals surface area (Å²) in [6.07, 6.45) is 0.816. The molecule has 0 amide bonds. The molecule has 0 saturated heterocycles. The zero-order valence-corrected chi connectivity index (χ0v) is 14.2. The zero-order valence-electron chi connectivity index (χ0n) is 13.2. The molecule has 1 atom stereocenters. The number of hydrogen-bond donors (Lipinski definition) is 1. The second-order valence-corrected chi connectivity index (χ2v) is 12.2. The Morgan fingerprint density at radius 2 is 1.95 bits per heavy atom. The van der Waals surface area contributed by atoms with Gasteiger partial charge >= 0.3 is 0 Å². The van der Waals surface area contributed by atoms with Crippen molar-refractivity contribution in [2.24, 2.45) is 5.92 Å². The lowest BCUT2D eigenvalue weighted by Crippen LogP contribution is -2.33. The van der Waals surface area contributed by atoms with Crippen LogP contribution in [0.4, 0.5) is 4.39 Å². The summed E-state index contributed by atoms with van der Waals surface area (Å²) in [5.74, 6) is 0.417. The molecule has 1 unspecified atom stereocenters. The van der Waals surface area contributed by atoms with E-state index in [1.165, 1.54) is 6.04 Å². The third-order valence-corrected chi connectivity index (χ3v) is 5.09. The molecule has 1 aromatic rings. The first-order chi connectivity index (χ1) is 9.42. The lowest BCUT2D eigenvalue weighted by Gasteiger charge is -2.25. The normalized spacial score (nSPS) is 13.4. The molecule has 0 aliphatic rings. The van der Waals surface area contributed by atoms with Gasteiger partial charge < -0.3 is 10.1 Å². The molecule has 0 spiro atoms. The Morgan fingerprint density at radius 1 is 1.25 bits per heavy atom. The molecule has 0 fully saturated rings. The predicted octanol–water partition coefficient (Wildman–Crippen LogP) is 3.56. The number of halogens is 1. The van der Waals surface area contributed by atoms with Crippen molar-refractivity contribution in [1.82, 2.24) is 5.32 Å². The highest BCUT2D eigenvalue weighted by Crippen LogP contribution is 2.21. The van der Waals surface area contributed by atoms with E-state index in [0.717, 1.165) is 31.7 Å². The van der Waals surface area contributed by atoms with Crippen molar-refractivity contribution in [1.29, 1.82) is 0 Å². The van der Waals surface area contributed by atoms with Crippen molar-refractivity contribution in [2.45, 2.75) is 32.1 Å². The summed E-state index contributed by atoms with van der Waals surface area (Å²) >= 11 is 0. The molecule has 1 rings (SSSR count). The molecular formula is C16H28FNOSi. The van der Waals surface area contributed by atoms with Crippen molar-refractivity contribution in [3.8, 4) is 0 Å². The molecule has 0 saturated carbocycles. The molecule has 114 valence electrons. The van der Waals surface area contributed by atoms with E-state index in [0.29, 0.717) is 5.92 Å². The average molecular weight is 297 g/mol. The van der Waals surface area contributed by atoms with E-state index in [1.807, 2.05) is 12.1 Å². The van der Waals surface area contributed by atoms with Gasteiger partial charge in [-0.05, 0) is 30.5 Å². The summed E-state index contributed by atoms with van der Waals surface area (Å²) in [6, 6.07) is 8.34. The molecule has 0 heterocycles. The predicted molar refractivity (Wildman–Crippen MR) is 86.5 cm³/mol. The molecule has 0 aliphatic heterocycles. The van der Waals surface area contributed by atoms with Crippen LogP contribution >= 0.6 is 0 Å². The first-order valence-corrected chi connectivity index (χ1v) is 11.1. The summed E-state index contributed by atoms with van der Waals surface area (Å²) in [5.41, 5.74) is 0.837. The SMILES string of the molecule is COCCNCC(Cc1ccccc1F)C[Si](C)(C)C. The van der Waals surface area contributed by atoms with Gasteiger partial charge in [0.25, 0.3) is 0 Å². The van der Waals surface area contributed by atoms with Crippen LogP contribution in [-0.2, 0) is 11.2 Å². The third kappa shape index (κ3) is 7.17. The summed E-state index contributed by atoms with van der Waals surface area (Å²) < 4.78 is 18.8. The standard InChI is InChI=1S/C16H28FNOSi/c1-19-10-9-18-12-14(13-20(2,3)4)11-15-7-5-6-8-16(15)17/h5-8,14,18H,9-13H2,1-4H3. The van der Waals surface area contributed by atoms with Gasteiger partial charge in [-0.3, -0.25) is 0 Å². The molecule has 2 nitrogen and oxygen atoms in total. The van der Waals surface area contributed by atoms with E-state index in [1.54, 1.807) is 19.2 Å². The lowest BCUT2D eigenvalue weighted by molar-refractivity contribution is 0.198. The Balaban J connectivity index is 2.60. The van der Waals surface area contributed by atoms with Crippen LogP contribution < -0.4 is 5.32 Å². The molecule has 4 heteroatoms. The van der Waals surface area contributed by atoms with E-state index >= 15 is 0 Å². The van der Waals surface area contributed by atoms with Crippen LogP contribution in [0, 0.1) is 11.7 Å². The Kier molecular flexibility index (Phi) is 7.41. The fourth-order valence-electron chi connectivity index (χ4n) is 2.54. The summed E-state index contributed by atoms with van der Waals surface area (Å²) in [4.78, 5) is 0. The Labute approximate surface area is 123 Å². The van der Waals surface area contributed by atoms with Crippen molar-refractivity contribution in [2.75, 3.05) is 26.8 Å². The smallest absolute Gasteiger partial charge is 0.126 e. The molecular weight excluding hydrogens is 269 g/mol. The van der Waals surface area contributed by atoms with Crippen molar-refractivity contribution in [3.05, 3.63) is 35.6 Å². The van der Waals surface area contributed by atoms with E-state index in [-0.39, 0.29) is 5.82 Å². The van der Waals surface area contributed by atoms with Gasteiger partial charge in [-0.2, -0.15) is 0 Å². The first kappa shape index (κ1) is 17.3. The van der Waals surface area contributed by atoms with Crippen LogP contribution in [0.25, 0.3) is 0 Å². The molecule has 0 bridgehead atoms. The molecule has 1 N–H and O–H groups in total. The van der Waals surface area contributed by atoms with Crippen LogP contribution in [0.2, 0.25) is 25.7 Å². The van der Waals surface area contributed by atoms with Crippen molar-refractivity contribution >= 4 is 8.07 Å². The highest BCUT2D eigenvalue weighted by molar-refractivity contribution is 6.76. The maximum atomic E-state index is 13.8. The van der Waals surface area contributed by atoms with Gasteiger partial charge in [0.1, 0.15) is 5.82 Å². The van der Waals surface area contributed by atoms with E-state index in [9.17, 15) is 4.39 Å². The van der Waals surface area contributed by atoms with Gasteiger partial charge in [0.15, 0.2) is 0 Å². The molecule has 0 radical (unpaired) electrons. The number of nitrogens with one attached hydrogen (secondary N) is 1. The van der Waals surface area contributed by atoms with Crippen LogP contribution in [0.5, 0.6) is 0 Å². The summed E-state index contributed by atoms with van der Waals surface area (Å²) in [5, 5.41) is 3.42. The number of rotatable bonds is 9. The van der Waals surface area contributed by atoms with Crippen LogP contribution in [0.15, 0.2) is 24.3 Å². The first-order valence-electron chi connectivity index (χ1n) is 7.35. The Bertz CT molecular complexity index is 392. The van der Waals surface area contributed by atoms with Gasteiger partial charge in [-0.15, -0.1) is 0 Å². The monoisotopic (exact) mass is 297 g/mol. The number of hydrogen-bond acceptors (Lipinski definition) is 2. The van der Waals surface area contributed by atoms with Gasteiger partial charge in [0.05, 0.1) is 6.61 Å². The zero-order chi connectivity index (χ0) is 15.0.